The maximum absolute atomic E-state index is 12.6. The van der Waals surface area contributed by atoms with E-state index in [1.165, 1.54) is 43.5 Å². The number of nitrogens with zero attached hydrogens (tertiary/aromatic N) is 1. The van der Waals surface area contributed by atoms with E-state index >= 15 is 0 Å². The van der Waals surface area contributed by atoms with Gasteiger partial charge in [0.1, 0.15) is 16.8 Å². The first kappa shape index (κ1) is 26.0. The van der Waals surface area contributed by atoms with E-state index in [1.54, 1.807) is 13.8 Å². The lowest BCUT2D eigenvalue weighted by Crippen LogP contribution is -2.45. The molecule has 0 unspecified atom stereocenters. The molecule has 2 aromatic carbocycles. The first-order valence-electron chi connectivity index (χ1n) is 9.51. The van der Waals surface area contributed by atoms with Gasteiger partial charge in [-0.05, 0) is 42.3 Å². The van der Waals surface area contributed by atoms with Gasteiger partial charge in [0.05, 0.1) is 16.9 Å². The summed E-state index contributed by atoms with van der Waals surface area (Å²) in [7, 11) is -2.62. The van der Waals surface area contributed by atoms with E-state index in [0.29, 0.717) is 5.75 Å². The molecule has 33 heavy (non-hydrogen) atoms. The molecule has 2 aromatic rings. The number of hydrogen-bond acceptors (Lipinski definition) is 8. The number of methoxy groups -OCH3 is 1. The molecule has 0 heterocycles. The summed E-state index contributed by atoms with van der Waals surface area (Å²) in [5.41, 5.74) is -0.327. The number of nitrogens with one attached hydrogen (secondary N) is 2. The number of esters is 1. The Morgan fingerprint density at radius 1 is 1.15 bits per heavy atom. The molecule has 0 saturated heterocycles. The summed E-state index contributed by atoms with van der Waals surface area (Å²) in [5.74, 6) is -1.77. The van der Waals surface area contributed by atoms with Gasteiger partial charge in [0.2, 0.25) is 10.0 Å². The lowest BCUT2D eigenvalue weighted by Gasteiger charge is -2.20. The molecule has 0 aliphatic carbocycles. The molecule has 11 nitrogen and oxygen atoms in total. The van der Waals surface area contributed by atoms with Crippen molar-refractivity contribution in [2.45, 2.75) is 24.8 Å². The summed E-state index contributed by atoms with van der Waals surface area (Å²) >= 11 is 5.72. The zero-order chi connectivity index (χ0) is 24.8. The summed E-state index contributed by atoms with van der Waals surface area (Å²) in [6.45, 7) is 2.48. The first-order chi connectivity index (χ1) is 15.4. The second-order valence-corrected chi connectivity index (χ2v) is 9.22. The van der Waals surface area contributed by atoms with Crippen molar-refractivity contribution in [1.29, 1.82) is 0 Å². The molecule has 0 fully saturated rings. The number of nitro groups is 1. The normalized spacial score (nSPS) is 12.2. The molecule has 0 spiro atoms. The van der Waals surface area contributed by atoms with Crippen LogP contribution in [-0.4, -0.2) is 45.0 Å². The number of nitro benzene ring substituents is 1. The van der Waals surface area contributed by atoms with E-state index in [2.05, 4.69) is 10.0 Å². The summed E-state index contributed by atoms with van der Waals surface area (Å²) in [6.07, 6.45) is 0. The largest absolute Gasteiger partial charge is 0.497 e. The molecule has 1 atom stereocenters. The predicted octanol–water partition coefficient (Wildman–Crippen LogP) is 2.74. The van der Waals surface area contributed by atoms with Gasteiger partial charge < -0.3 is 14.8 Å². The highest BCUT2D eigenvalue weighted by Crippen LogP contribution is 2.27. The van der Waals surface area contributed by atoms with Crippen molar-refractivity contribution < 1.29 is 32.4 Å². The molecule has 0 aromatic heterocycles. The van der Waals surface area contributed by atoms with Gasteiger partial charge in [-0.15, -0.1) is 0 Å². The fraction of sp³-hybridized carbons (Fsp3) is 0.300. The summed E-state index contributed by atoms with van der Waals surface area (Å²) in [5, 5.41) is 13.2. The number of amides is 1. The molecule has 0 bridgehead atoms. The fourth-order valence-electron chi connectivity index (χ4n) is 2.60. The van der Waals surface area contributed by atoms with Crippen LogP contribution in [-0.2, 0) is 24.3 Å². The number of carbonyl (C=O) groups is 2. The zero-order valence-corrected chi connectivity index (χ0v) is 19.5. The van der Waals surface area contributed by atoms with Gasteiger partial charge in [-0.1, -0.05) is 25.4 Å². The van der Waals surface area contributed by atoms with Crippen molar-refractivity contribution in [2.75, 3.05) is 19.0 Å². The van der Waals surface area contributed by atoms with Gasteiger partial charge >= 0.3 is 5.97 Å². The molecule has 2 rings (SSSR count). The Hall–Kier alpha value is -3.22. The molecule has 2 N–H and O–H groups in total. The van der Waals surface area contributed by atoms with Crippen LogP contribution in [0.2, 0.25) is 5.02 Å². The summed E-state index contributed by atoms with van der Waals surface area (Å²) < 4.78 is 37.5. The van der Waals surface area contributed by atoms with E-state index in [0.717, 1.165) is 6.07 Å². The SMILES string of the molecule is COc1ccc(S(=O)(=O)N[C@H](C(=O)OCC(=O)Nc2ccc(Cl)c([N+](=O)[O-])c2)C(C)C)cc1. The molecule has 0 aliphatic rings. The van der Waals surface area contributed by atoms with Gasteiger partial charge in [0.15, 0.2) is 6.61 Å². The average Bonchev–Trinajstić information content (AvgIpc) is 2.76. The van der Waals surface area contributed by atoms with Gasteiger partial charge in [-0.3, -0.25) is 19.7 Å². The third-order valence-corrected chi connectivity index (χ3v) is 6.12. The number of benzene rings is 2. The highest BCUT2D eigenvalue weighted by molar-refractivity contribution is 7.89. The standard InChI is InChI=1S/C20H22ClN3O8S/c1-12(2)19(23-33(29,30)15-7-5-14(31-3)6-8-15)20(26)32-11-18(25)22-13-4-9-16(21)17(10-13)24(27)28/h4-10,12,19,23H,11H2,1-3H3,(H,22,25)/t19-/m0/s1. The van der Waals surface area contributed by atoms with Gasteiger partial charge in [-0.25, -0.2) is 8.42 Å². The maximum Gasteiger partial charge on any atom is 0.324 e. The molecule has 178 valence electrons. The highest BCUT2D eigenvalue weighted by atomic mass is 35.5. The number of rotatable bonds is 10. The Kier molecular flexibility index (Phi) is 8.74. The minimum absolute atomic E-state index is 0.0766. The van der Waals surface area contributed by atoms with Crippen LogP contribution in [0.5, 0.6) is 5.75 Å². The monoisotopic (exact) mass is 499 g/mol. The van der Waals surface area contributed by atoms with Crippen molar-refractivity contribution in [3.05, 3.63) is 57.6 Å². The lowest BCUT2D eigenvalue weighted by molar-refractivity contribution is -0.384. The topological polar surface area (TPSA) is 154 Å². The van der Waals surface area contributed by atoms with Crippen LogP contribution in [0.3, 0.4) is 0 Å². The smallest absolute Gasteiger partial charge is 0.324 e. The zero-order valence-electron chi connectivity index (χ0n) is 17.9. The van der Waals surface area contributed by atoms with Crippen LogP contribution in [0.25, 0.3) is 0 Å². The number of carbonyl (C=O) groups excluding carboxylic acids is 2. The lowest BCUT2D eigenvalue weighted by atomic mass is 10.1. The Bertz CT molecular complexity index is 1140. The predicted molar refractivity (Wildman–Crippen MR) is 120 cm³/mol. The Labute approximate surface area is 195 Å². The highest BCUT2D eigenvalue weighted by Gasteiger charge is 2.30. The van der Waals surface area contributed by atoms with E-state index in [4.69, 9.17) is 21.1 Å². The van der Waals surface area contributed by atoms with Crippen LogP contribution in [0.4, 0.5) is 11.4 Å². The second-order valence-electron chi connectivity index (χ2n) is 7.10. The van der Waals surface area contributed by atoms with Crippen molar-refractivity contribution in [2.24, 2.45) is 5.92 Å². The maximum atomic E-state index is 12.6. The fourth-order valence-corrected chi connectivity index (χ4v) is 4.12. The third-order valence-electron chi connectivity index (χ3n) is 4.34. The van der Waals surface area contributed by atoms with Crippen LogP contribution in [0, 0.1) is 16.0 Å². The van der Waals surface area contributed by atoms with Crippen LogP contribution in [0.1, 0.15) is 13.8 Å². The minimum atomic E-state index is -4.06. The molecule has 1 amide bonds. The van der Waals surface area contributed by atoms with Crippen LogP contribution in [0.15, 0.2) is 47.4 Å². The summed E-state index contributed by atoms with van der Waals surface area (Å²) in [6, 6.07) is 7.94. The molecular formula is C20H22ClN3O8S. The van der Waals surface area contributed by atoms with Crippen molar-refractivity contribution in [3.8, 4) is 5.75 Å². The molecule has 0 aliphatic heterocycles. The third kappa shape index (κ3) is 7.14. The molecule has 0 saturated carbocycles. The van der Waals surface area contributed by atoms with Crippen molar-refractivity contribution in [1.82, 2.24) is 4.72 Å². The van der Waals surface area contributed by atoms with Crippen molar-refractivity contribution >= 4 is 44.9 Å². The Balaban J connectivity index is 2.03. The quantitative estimate of drug-likeness (QED) is 0.287. The van der Waals surface area contributed by atoms with E-state index in [-0.39, 0.29) is 15.6 Å². The van der Waals surface area contributed by atoms with Gasteiger partial charge in [0.25, 0.3) is 11.6 Å². The van der Waals surface area contributed by atoms with Crippen LogP contribution < -0.4 is 14.8 Å². The van der Waals surface area contributed by atoms with Gasteiger partial charge in [-0.2, -0.15) is 4.72 Å². The average molecular weight is 500 g/mol. The number of ether oxygens (including phenoxy) is 2. The van der Waals surface area contributed by atoms with Gasteiger partial charge in [0, 0.05) is 11.8 Å². The van der Waals surface area contributed by atoms with E-state index < -0.39 is 51.1 Å². The Morgan fingerprint density at radius 2 is 1.79 bits per heavy atom. The van der Waals surface area contributed by atoms with E-state index in [1.807, 2.05) is 0 Å². The van der Waals surface area contributed by atoms with Crippen molar-refractivity contribution in [3.63, 3.8) is 0 Å². The minimum Gasteiger partial charge on any atom is -0.497 e. The number of halogens is 1. The van der Waals surface area contributed by atoms with E-state index in [9.17, 15) is 28.1 Å². The Morgan fingerprint density at radius 3 is 2.33 bits per heavy atom. The number of hydrogen-bond donors (Lipinski definition) is 2. The molecular weight excluding hydrogens is 478 g/mol. The summed E-state index contributed by atoms with van der Waals surface area (Å²) in [4.78, 5) is 34.7. The first-order valence-corrected chi connectivity index (χ1v) is 11.4. The second kappa shape index (κ2) is 11.1. The molecule has 13 heteroatoms. The molecule has 0 radical (unpaired) electrons. The number of sulfonamides is 1. The van der Waals surface area contributed by atoms with Crippen LogP contribution >= 0.6 is 11.6 Å². The number of anilines is 1.